The number of para-hydroxylation sites is 1. The van der Waals surface area contributed by atoms with E-state index in [1.807, 2.05) is 18.2 Å². The largest absolute Gasteiger partial charge is 0.508 e. The summed E-state index contributed by atoms with van der Waals surface area (Å²) in [6.07, 6.45) is 4.79. The van der Waals surface area contributed by atoms with Crippen LogP contribution in [0.5, 0.6) is 5.75 Å². The Morgan fingerprint density at radius 1 is 1.42 bits per heavy atom. The molecule has 1 aliphatic rings. The van der Waals surface area contributed by atoms with Crippen molar-refractivity contribution in [3.05, 3.63) is 29.8 Å². The summed E-state index contributed by atoms with van der Waals surface area (Å²) in [5, 5.41) is 13.6. The molecule has 0 spiro atoms. The molecule has 106 valence electrons. The molecule has 0 aliphatic carbocycles. The fraction of sp³-hybridized carbons (Fsp3) is 0.625. The molecule has 3 heteroatoms. The highest BCUT2D eigenvalue weighted by Gasteiger charge is 2.21. The lowest BCUT2D eigenvalue weighted by Gasteiger charge is -2.25. The van der Waals surface area contributed by atoms with E-state index in [2.05, 4.69) is 19.2 Å². The Morgan fingerprint density at radius 3 is 2.84 bits per heavy atom. The van der Waals surface area contributed by atoms with Gasteiger partial charge in [0.2, 0.25) is 0 Å². The summed E-state index contributed by atoms with van der Waals surface area (Å²) in [5.41, 5.74) is 0.990. The van der Waals surface area contributed by atoms with Crippen molar-refractivity contribution in [2.45, 2.75) is 57.7 Å². The number of hydrogen-bond acceptors (Lipinski definition) is 3. The first kappa shape index (κ1) is 14.4. The van der Waals surface area contributed by atoms with Crippen molar-refractivity contribution in [2.75, 3.05) is 6.61 Å². The van der Waals surface area contributed by atoms with Gasteiger partial charge in [-0.1, -0.05) is 25.1 Å². The quantitative estimate of drug-likeness (QED) is 0.826. The Morgan fingerprint density at radius 2 is 2.21 bits per heavy atom. The van der Waals surface area contributed by atoms with Gasteiger partial charge >= 0.3 is 0 Å². The molecule has 1 aromatic rings. The van der Waals surface area contributed by atoms with Crippen LogP contribution in [0.25, 0.3) is 0 Å². The molecule has 0 radical (unpaired) electrons. The second kappa shape index (κ2) is 6.92. The number of benzene rings is 1. The highest BCUT2D eigenvalue weighted by atomic mass is 16.5. The molecular formula is C16H25NO2. The third kappa shape index (κ3) is 3.95. The molecule has 0 aromatic heterocycles. The van der Waals surface area contributed by atoms with Crippen LogP contribution in [0.3, 0.4) is 0 Å². The summed E-state index contributed by atoms with van der Waals surface area (Å²) >= 11 is 0. The van der Waals surface area contributed by atoms with E-state index >= 15 is 0 Å². The first-order valence-electron chi connectivity index (χ1n) is 7.36. The van der Waals surface area contributed by atoms with Gasteiger partial charge in [0.05, 0.1) is 6.10 Å². The number of rotatable bonds is 6. The summed E-state index contributed by atoms with van der Waals surface area (Å²) in [5.74, 6) is 0.381. The summed E-state index contributed by atoms with van der Waals surface area (Å²) in [6.45, 7) is 5.25. The van der Waals surface area contributed by atoms with Crippen LogP contribution in [0.4, 0.5) is 0 Å². The first-order chi connectivity index (χ1) is 9.20. The van der Waals surface area contributed by atoms with E-state index in [0.29, 0.717) is 17.9 Å². The molecule has 2 N–H and O–H groups in total. The van der Waals surface area contributed by atoms with Gasteiger partial charge in [-0.15, -0.1) is 0 Å². The zero-order valence-corrected chi connectivity index (χ0v) is 11.9. The monoisotopic (exact) mass is 263 g/mol. The maximum atomic E-state index is 9.94. The van der Waals surface area contributed by atoms with Gasteiger partial charge in [-0.3, -0.25) is 0 Å². The maximum Gasteiger partial charge on any atom is 0.120 e. The molecule has 3 nitrogen and oxygen atoms in total. The standard InChI is InChI=1S/C16H25NO2/c1-3-15(14-8-4-5-9-16(14)18)17-12(2)11-13-7-6-10-19-13/h4-5,8-9,12-13,15,17-18H,3,6-7,10-11H2,1-2H3/t12-,13+,15+/m1/s1. The zero-order valence-electron chi connectivity index (χ0n) is 11.9. The Hall–Kier alpha value is -1.06. The third-order valence-corrected chi connectivity index (χ3v) is 3.85. The molecule has 19 heavy (non-hydrogen) atoms. The predicted molar refractivity (Wildman–Crippen MR) is 77.3 cm³/mol. The van der Waals surface area contributed by atoms with Crippen molar-refractivity contribution in [3.63, 3.8) is 0 Å². The second-order valence-corrected chi connectivity index (χ2v) is 5.46. The van der Waals surface area contributed by atoms with Gasteiger partial charge in [-0.05, 0) is 38.7 Å². The number of phenols is 1. The minimum absolute atomic E-state index is 0.206. The Bertz CT molecular complexity index is 388. The highest BCUT2D eigenvalue weighted by Crippen LogP contribution is 2.27. The van der Waals surface area contributed by atoms with E-state index in [1.54, 1.807) is 6.07 Å². The number of aromatic hydroxyl groups is 1. The topological polar surface area (TPSA) is 41.5 Å². The van der Waals surface area contributed by atoms with E-state index < -0.39 is 0 Å². The molecule has 0 saturated carbocycles. The highest BCUT2D eigenvalue weighted by molar-refractivity contribution is 5.34. The second-order valence-electron chi connectivity index (χ2n) is 5.46. The van der Waals surface area contributed by atoms with Crippen molar-refractivity contribution in [3.8, 4) is 5.75 Å². The van der Waals surface area contributed by atoms with E-state index in [9.17, 15) is 5.11 Å². The molecule has 2 rings (SSSR count). The molecule has 1 aromatic carbocycles. The fourth-order valence-electron chi connectivity index (χ4n) is 2.85. The molecule has 0 unspecified atom stereocenters. The first-order valence-corrected chi connectivity index (χ1v) is 7.36. The number of phenolic OH excluding ortho intramolecular Hbond substituents is 1. The fourth-order valence-corrected chi connectivity index (χ4v) is 2.85. The van der Waals surface area contributed by atoms with Crippen molar-refractivity contribution >= 4 is 0 Å². The van der Waals surface area contributed by atoms with Crippen LogP contribution in [-0.4, -0.2) is 23.9 Å². The molecule has 1 saturated heterocycles. The molecule has 0 amide bonds. The van der Waals surface area contributed by atoms with Gasteiger partial charge in [0.25, 0.3) is 0 Å². The summed E-state index contributed by atoms with van der Waals surface area (Å²) in [6, 6.07) is 8.19. The van der Waals surface area contributed by atoms with E-state index in [1.165, 1.54) is 12.8 Å². The lowest BCUT2D eigenvalue weighted by atomic mass is 10.0. The van der Waals surface area contributed by atoms with Gasteiger partial charge in [0.1, 0.15) is 5.75 Å². The van der Waals surface area contributed by atoms with Crippen LogP contribution in [0.2, 0.25) is 0 Å². The van der Waals surface area contributed by atoms with Crippen molar-refractivity contribution in [2.24, 2.45) is 0 Å². The minimum atomic E-state index is 0.206. The number of ether oxygens (including phenoxy) is 1. The SMILES string of the molecule is CC[C@H](N[C@H](C)C[C@@H]1CCCO1)c1ccccc1O. The number of nitrogens with one attached hydrogen (secondary N) is 1. The van der Waals surface area contributed by atoms with Gasteiger partial charge in [-0.25, -0.2) is 0 Å². The van der Waals surface area contributed by atoms with Crippen LogP contribution >= 0.6 is 0 Å². The molecular weight excluding hydrogens is 238 g/mol. The van der Waals surface area contributed by atoms with Gasteiger partial charge in [0, 0.05) is 24.3 Å². The van der Waals surface area contributed by atoms with Gasteiger partial charge in [-0.2, -0.15) is 0 Å². The van der Waals surface area contributed by atoms with Crippen LogP contribution in [0, 0.1) is 0 Å². The zero-order chi connectivity index (χ0) is 13.7. The minimum Gasteiger partial charge on any atom is -0.508 e. The lowest BCUT2D eigenvalue weighted by Crippen LogP contribution is -2.33. The average molecular weight is 263 g/mol. The van der Waals surface area contributed by atoms with Crippen LogP contribution < -0.4 is 5.32 Å². The summed E-state index contributed by atoms with van der Waals surface area (Å²) < 4.78 is 5.68. The Balaban J connectivity index is 1.93. The summed E-state index contributed by atoms with van der Waals surface area (Å²) in [7, 11) is 0. The number of hydrogen-bond donors (Lipinski definition) is 2. The summed E-state index contributed by atoms with van der Waals surface area (Å²) in [4.78, 5) is 0. The molecule has 0 bridgehead atoms. The van der Waals surface area contributed by atoms with E-state index in [-0.39, 0.29) is 6.04 Å². The van der Waals surface area contributed by atoms with E-state index in [0.717, 1.165) is 25.0 Å². The molecule has 1 heterocycles. The predicted octanol–water partition coefficient (Wildman–Crippen LogP) is 3.39. The van der Waals surface area contributed by atoms with Gasteiger partial charge in [0.15, 0.2) is 0 Å². The Kier molecular flexibility index (Phi) is 5.23. The normalized spacial score (nSPS) is 22.3. The lowest BCUT2D eigenvalue weighted by molar-refractivity contribution is 0.0948. The van der Waals surface area contributed by atoms with Crippen molar-refractivity contribution in [1.29, 1.82) is 0 Å². The smallest absolute Gasteiger partial charge is 0.120 e. The van der Waals surface area contributed by atoms with E-state index in [4.69, 9.17) is 4.74 Å². The van der Waals surface area contributed by atoms with Crippen molar-refractivity contribution < 1.29 is 9.84 Å². The maximum absolute atomic E-state index is 9.94. The molecule has 3 atom stereocenters. The van der Waals surface area contributed by atoms with Crippen molar-refractivity contribution in [1.82, 2.24) is 5.32 Å². The van der Waals surface area contributed by atoms with Crippen LogP contribution in [0.1, 0.15) is 51.1 Å². The van der Waals surface area contributed by atoms with Crippen LogP contribution in [0.15, 0.2) is 24.3 Å². The Labute approximate surface area is 116 Å². The van der Waals surface area contributed by atoms with Gasteiger partial charge < -0.3 is 15.2 Å². The molecule has 1 fully saturated rings. The average Bonchev–Trinajstić information content (AvgIpc) is 2.89. The van der Waals surface area contributed by atoms with Crippen LogP contribution in [-0.2, 0) is 4.74 Å². The third-order valence-electron chi connectivity index (χ3n) is 3.85. The molecule has 1 aliphatic heterocycles.